The molecule has 1 aliphatic heterocycles. The fourth-order valence-electron chi connectivity index (χ4n) is 3.60. The number of halogens is 1. The van der Waals surface area contributed by atoms with Crippen molar-refractivity contribution in [3.05, 3.63) is 21.7 Å². The molecule has 22 heavy (non-hydrogen) atoms. The molecule has 1 heterocycles. The summed E-state index contributed by atoms with van der Waals surface area (Å²) in [6, 6.07) is 2.03. The van der Waals surface area contributed by atoms with Gasteiger partial charge >= 0.3 is 0 Å². The van der Waals surface area contributed by atoms with Crippen molar-refractivity contribution >= 4 is 22.0 Å². The monoisotopic (exact) mass is 365 g/mol. The van der Waals surface area contributed by atoms with Gasteiger partial charge in [0.1, 0.15) is 13.2 Å². The lowest BCUT2D eigenvalue weighted by Crippen LogP contribution is -2.24. The first-order valence-electron chi connectivity index (χ1n) is 7.80. The fourth-order valence-corrected chi connectivity index (χ4v) is 4.58. The lowest BCUT2D eigenvalue weighted by atomic mass is 9.81. The van der Waals surface area contributed by atoms with Gasteiger partial charge < -0.3 is 9.47 Å². The molecule has 2 aliphatic rings. The second-order valence-corrected chi connectivity index (χ2v) is 7.07. The third-order valence-corrected chi connectivity index (χ3v) is 5.37. The second kappa shape index (κ2) is 6.05. The first-order chi connectivity index (χ1) is 10.6. The summed E-state index contributed by atoms with van der Waals surface area (Å²) >= 11 is 3.70. The summed E-state index contributed by atoms with van der Waals surface area (Å²) in [7, 11) is 0. The predicted molar refractivity (Wildman–Crippen MR) is 87.5 cm³/mol. The third-order valence-electron chi connectivity index (χ3n) is 4.58. The van der Waals surface area contributed by atoms with Crippen molar-refractivity contribution in [3.8, 4) is 11.5 Å². The number of hydrogen-bond donors (Lipinski definition) is 0. The van der Waals surface area contributed by atoms with Crippen LogP contribution < -0.4 is 9.47 Å². The second-order valence-electron chi connectivity index (χ2n) is 6.27. The van der Waals surface area contributed by atoms with Crippen LogP contribution in [0.15, 0.2) is 15.5 Å². The minimum atomic E-state index is -0.459. The van der Waals surface area contributed by atoms with Gasteiger partial charge in [0.25, 0.3) is 0 Å². The van der Waals surface area contributed by atoms with Gasteiger partial charge in [-0.15, -0.1) is 0 Å². The topological polar surface area (TPSA) is 47.9 Å². The van der Waals surface area contributed by atoms with Crippen LogP contribution >= 0.6 is 15.9 Å². The Hall–Kier alpha value is -1.32. The predicted octanol–water partition coefficient (Wildman–Crippen LogP) is 4.45. The Kier molecular flexibility index (Phi) is 4.28. The van der Waals surface area contributed by atoms with Gasteiger partial charge in [0.2, 0.25) is 6.08 Å². The van der Waals surface area contributed by atoms with E-state index in [1.54, 1.807) is 6.08 Å². The van der Waals surface area contributed by atoms with E-state index >= 15 is 0 Å². The molecular weight excluding hydrogens is 346 g/mol. The van der Waals surface area contributed by atoms with Crippen LogP contribution in [0.2, 0.25) is 0 Å². The molecule has 0 spiro atoms. The normalized spacial score (nSPS) is 19.1. The number of fused-ring (bicyclic) bond motifs is 1. The van der Waals surface area contributed by atoms with Crippen LogP contribution in [-0.2, 0) is 10.3 Å². The summed E-state index contributed by atoms with van der Waals surface area (Å²) in [6.07, 6.45) is 5.72. The highest BCUT2D eigenvalue weighted by atomic mass is 79.9. The Bertz CT molecular complexity index is 629. The van der Waals surface area contributed by atoms with Crippen molar-refractivity contribution in [2.45, 2.75) is 51.0 Å². The standard InChI is InChI=1S/C17H20BrNO3/c1-11(2)14-12(17(19-10-20)5-3-4-6-17)9-13-16(15(14)18)22-8-7-21-13/h9,11H,3-8H2,1-2H3. The lowest BCUT2D eigenvalue weighted by Gasteiger charge is -2.31. The van der Waals surface area contributed by atoms with Crippen LogP contribution in [0.1, 0.15) is 56.6 Å². The Morgan fingerprint density at radius 1 is 1.27 bits per heavy atom. The molecule has 0 bridgehead atoms. The molecule has 1 aromatic rings. The van der Waals surface area contributed by atoms with E-state index in [0.29, 0.717) is 19.1 Å². The maximum Gasteiger partial charge on any atom is 0.235 e. The van der Waals surface area contributed by atoms with E-state index in [1.807, 2.05) is 6.07 Å². The molecule has 0 amide bonds. The van der Waals surface area contributed by atoms with Crippen LogP contribution in [0, 0.1) is 0 Å². The number of nitrogens with zero attached hydrogens (tertiary/aromatic N) is 1. The smallest absolute Gasteiger partial charge is 0.235 e. The highest BCUT2D eigenvalue weighted by Crippen LogP contribution is 2.51. The minimum Gasteiger partial charge on any atom is -0.486 e. The molecule has 0 unspecified atom stereocenters. The van der Waals surface area contributed by atoms with Gasteiger partial charge in [0.05, 0.1) is 10.0 Å². The average molecular weight is 366 g/mol. The molecule has 0 saturated heterocycles. The van der Waals surface area contributed by atoms with Crippen LogP contribution in [0.5, 0.6) is 11.5 Å². The van der Waals surface area contributed by atoms with Crippen molar-refractivity contribution in [1.29, 1.82) is 0 Å². The molecule has 3 rings (SSSR count). The number of aliphatic imine (C=N–C) groups is 1. The molecular formula is C17H20BrNO3. The number of carbonyl (C=O) groups excluding carboxylic acids is 1. The molecule has 4 nitrogen and oxygen atoms in total. The van der Waals surface area contributed by atoms with Crippen molar-refractivity contribution in [1.82, 2.24) is 0 Å². The lowest BCUT2D eigenvalue weighted by molar-refractivity contribution is 0.169. The van der Waals surface area contributed by atoms with Gasteiger partial charge in [0, 0.05) is 0 Å². The number of hydrogen-bond acceptors (Lipinski definition) is 4. The fraction of sp³-hybridized carbons (Fsp3) is 0.588. The van der Waals surface area contributed by atoms with E-state index in [9.17, 15) is 4.79 Å². The number of benzene rings is 1. The minimum absolute atomic E-state index is 0.291. The number of isocyanates is 1. The van der Waals surface area contributed by atoms with E-state index in [4.69, 9.17) is 9.47 Å². The number of ether oxygens (including phenoxy) is 2. The molecule has 5 heteroatoms. The zero-order valence-corrected chi connectivity index (χ0v) is 14.5. The highest BCUT2D eigenvalue weighted by molar-refractivity contribution is 9.10. The summed E-state index contributed by atoms with van der Waals surface area (Å²) in [5.74, 6) is 1.80. The summed E-state index contributed by atoms with van der Waals surface area (Å²) in [4.78, 5) is 15.3. The SMILES string of the molecule is CC(C)c1c(C2(N=C=O)CCCC2)cc2c(c1Br)OCCO2. The van der Waals surface area contributed by atoms with Gasteiger partial charge in [-0.25, -0.2) is 4.79 Å². The van der Waals surface area contributed by atoms with Crippen molar-refractivity contribution < 1.29 is 14.3 Å². The maximum atomic E-state index is 11.0. The molecule has 1 aliphatic carbocycles. The molecule has 1 fully saturated rings. The molecule has 0 N–H and O–H groups in total. The Labute approximate surface area is 139 Å². The zero-order chi connectivity index (χ0) is 15.7. The van der Waals surface area contributed by atoms with Crippen molar-refractivity contribution in [2.75, 3.05) is 13.2 Å². The van der Waals surface area contributed by atoms with Gasteiger partial charge in [-0.3, -0.25) is 0 Å². The molecule has 118 valence electrons. The Morgan fingerprint density at radius 2 is 1.95 bits per heavy atom. The Morgan fingerprint density at radius 3 is 2.59 bits per heavy atom. The molecule has 0 atom stereocenters. The largest absolute Gasteiger partial charge is 0.486 e. The number of rotatable bonds is 3. The van der Waals surface area contributed by atoms with Gasteiger partial charge in [0.15, 0.2) is 11.5 Å². The molecule has 1 saturated carbocycles. The molecule has 0 aromatic heterocycles. The van der Waals surface area contributed by atoms with E-state index in [-0.39, 0.29) is 0 Å². The summed E-state index contributed by atoms with van der Waals surface area (Å²) in [5, 5.41) is 0. The van der Waals surface area contributed by atoms with Crippen LogP contribution in [0.4, 0.5) is 0 Å². The van der Waals surface area contributed by atoms with E-state index < -0.39 is 5.54 Å². The van der Waals surface area contributed by atoms with Crippen LogP contribution in [0.25, 0.3) is 0 Å². The molecule has 0 radical (unpaired) electrons. The summed E-state index contributed by atoms with van der Waals surface area (Å²) in [6.45, 7) is 5.39. The highest BCUT2D eigenvalue weighted by Gasteiger charge is 2.40. The summed E-state index contributed by atoms with van der Waals surface area (Å²) in [5.41, 5.74) is 1.78. The maximum absolute atomic E-state index is 11.0. The average Bonchev–Trinajstić information content (AvgIpc) is 2.97. The van der Waals surface area contributed by atoms with E-state index in [0.717, 1.165) is 52.8 Å². The van der Waals surface area contributed by atoms with E-state index in [2.05, 4.69) is 34.8 Å². The summed E-state index contributed by atoms with van der Waals surface area (Å²) < 4.78 is 12.5. The first-order valence-corrected chi connectivity index (χ1v) is 8.60. The van der Waals surface area contributed by atoms with E-state index in [1.165, 1.54) is 0 Å². The van der Waals surface area contributed by atoms with Crippen LogP contribution in [0.3, 0.4) is 0 Å². The van der Waals surface area contributed by atoms with Crippen molar-refractivity contribution in [2.24, 2.45) is 4.99 Å². The third kappa shape index (κ3) is 2.46. The van der Waals surface area contributed by atoms with Gasteiger partial charge in [-0.1, -0.05) is 26.7 Å². The zero-order valence-electron chi connectivity index (χ0n) is 12.9. The van der Waals surface area contributed by atoms with Gasteiger partial charge in [-0.05, 0) is 51.9 Å². The van der Waals surface area contributed by atoms with Crippen molar-refractivity contribution in [3.63, 3.8) is 0 Å². The van der Waals surface area contributed by atoms with Crippen LogP contribution in [-0.4, -0.2) is 19.3 Å². The first kappa shape index (κ1) is 15.6. The Balaban J connectivity index is 2.25. The molecule has 1 aromatic carbocycles. The van der Waals surface area contributed by atoms with Gasteiger partial charge in [-0.2, -0.15) is 4.99 Å². The quantitative estimate of drug-likeness (QED) is 0.587.